The Morgan fingerprint density at radius 3 is 2.61 bits per heavy atom. The van der Waals surface area contributed by atoms with Gasteiger partial charge in [-0.2, -0.15) is 18.3 Å². The Balaban J connectivity index is 1.61. The molecule has 0 saturated heterocycles. The number of carbonyl (C=O) groups is 2. The summed E-state index contributed by atoms with van der Waals surface area (Å²) >= 11 is 0. The number of hydrogen-bond acceptors (Lipinski definition) is 4. The van der Waals surface area contributed by atoms with Gasteiger partial charge in [0.1, 0.15) is 17.6 Å². The number of halogens is 3. The number of methoxy groups -OCH3 is 1. The molecule has 2 heterocycles. The summed E-state index contributed by atoms with van der Waals surface area (Å²) in [5.74, 6) is -0.0386. The molecule has 2 N–H and O–H groups in total. The molecular weight excluding hydrogens is 413 g/mol. The molecule has 2 aromatic carbocycles. The van der Waals surface area contributed by atoms with E-state index < -0.39 is 29.6 Å². The summed E-state index contributed by atoms with van der Waals surface area (Å²) in [5, 5.41) is 9.54. The third-order valence-corrected chi connectivity index (χ3v) is 4.82. The van der Waals surface area contributed by atoms with E-state index in [2.05, 4.69) is 15.7 Å². The molecule has 0 bridgehead atoms. The number of aromatic nitrogens is 2. The van der Waals surface area contributed by atoms with Crippen molar-refractivity contribution >= 4 is 23.3 Å². The first-order valence-corrected chi connectivity index (χ1v) is 9.26. The Kier molecular flexibility index (Phi) is 5.14. The third-order valence-electron chi connectivity index (χ3n) is 4.82. The maximum absolute atomic E-state index is 12.9. The van der Waals surface area contributed by atoms with Gasteiger partial charge in [-0.15, -0.1) is 0 Å². The lowest BCUT2D eigenvalue weighted by Crippen LogP contribution is -2.35. The molecule has 160 valence electrons. The number of alkyl halides is 3. The SMILES string of the molecule is COc1ccc(-c2cc3n(n2)C(C(=O)Nc2cccc(C(F)(F)F)c2)CC(=O)N3)cc1. The van der Waals surface area contributed by atoms with E-state index in [1.54, 1.807) is 37.4 Å². The molecule has 0 aliphatic carbocycles. The van der Waals surface area contributed by atoms with E-state index >= 15 is 0 Å². The average Bonchev–Trinajstić information content (AvgIpc) is 3.16. The summed E-state index contributed by atoms with van der Waals surface area (Å²) in [6.45, 7) is 0. The number of carbonyl (C=O) groups excluding carboxylic acids is 2. The standard InChI is InChI=1S/C21H17F3N4O3/c1-31-15-7-5-12(6-8-15)16-10-18-26-19(29)11-17(28(18)27-16)20(30)25-14-4-2-3-13(9-14)21(22,23)24/h2-10,17H,11H2,1H3,(H,25,30)(H,26,29). The molecule has 0 fully saturated rings. The van der Waals surface area contributed by atoms with E-state index in [-0.39, 0.29) is 12.1 Å². The summed E-state index contributed by atoms with van der Waals surface area (Å²) in [6, 6.07) is 12.0. The van der Waals surface area contributed by atoms with E-state index in [0.717, 1.165) is 17.7 Å². The minimum atomic E-state index is -4.53. The number of benzene rings is 2. The fourth-order valence-electron chi connectivity index (χ4n) is 3.29. The summed E-state index contributed by atoms with van der Waals surface area (Å²) in [7, 11) is 1.55. The second-order valence-electron chi connectivity index (χ2n) is 6.92. The van der Waals surface area contributed by atoms with Gasteiger partial charge in [-0.25, -0.2) is 4.68 Å². The number of nitrogens with one attached hydrogen (secondary N) is 2. The van der Waals surface area contributed by atoms with Crippen LogP contribution in [0.4, 0.5) is 24.7 Å². The minimum absolute atomic E-state index is 0.0186. The van der Waals surface area contributed by atoms with Gasteiger partial charge in [-0.1, -0.05) is 6.07 Å². The van der Waals surface area contributed by atoms with Crippen LogP contribution in [-0.4, -0.2) is 28.7 Å². The van der Waals surface area contributed by atoms with Crippen LogP contribution < -0.4 is 15.4 Å². The van der Waals surface area contributed by atoms with Crippen molar-refractivity contribution in [3.05, 3.63) is 60.2 Å². The number of hydrogen-bond donors (Lipinski definition) is 2. The number of anilines is 2. The Labute approximate surface area is 174 Å². The molecule has 0 spiro atoms. The van der Waals surface area contributed by atoms with E-state index in [4.69, 9.17) is 4.74 Å². The van der Waals surface area contributed by atoms with Crippen LogP contribution >= 0.6 is 0 Å². The van der Waals surface area contributed by atoms with Gasteiger partial charge in [0.25, 0.3) is 0 Å². The molecule has 3 aromatic rings. The highest BCUT2D eigenvalue weighted by Crippen LogP contribution is 2.33. The average molecular weight is 430 g/mol. The normalized spacial score (nSPS) is 15.7. The van der Waals surface area contributed by atoms with Crippen molar-refractivity contribution in [2.75, 3.05) is 17.7 Å². The molecule has 0 radical (unpaired) electrons. The van der Waals surface area contributed by atoms with Crippen molar-refractivity contribution in [2.45, 2.75) is 18.6 Å². The fraction of sp³-hybridized carbons (Fsp3) is 0.190. The third kappa shape index (κ3) is 4.23. The van der Waals surface area contributed by atoms with Gasteiger partial charge >= 0.3 is 6.18 Å². The van der Waals surface area contributed by atoms with Crippen molar-refractivity contribution in [3.8, 4) is 17.0 Å². The van der Waals surface area contributed by atoms with Gasteiger partial charge in [0, 0.05) is 17.3 Å². The molecule has 2 amide bonds. The lowest BCUT2D eigenvalue weighted by Gasteiger charge is -2.23. The molecule has 1 atom stereocenters. The summed E-state index contributed by atoms with van der Waals surface area (Å²) in [4.78, 5) is 24.9. The van der Waals surface area contributed by atoms with E-state index in [1.807, 2.05) is 0 Å². The maximum atomic E-state index is 12.9. The number of fused-ring (bicyclic) bond motifs is 1. The van der Waals surface area contributed by atoms with Gasteiger partial charge in [-0.05, 0) is 42.5 Å². The van der Waals surface area contributed by atoms with Gasteiger partial charge < -0.3 is 15.4 Å². The zero-order valence-electron chi connectivity index (χ0n) is 16.2. The van der Waals surface area contributed by atoms with Crippen LogP contribution in [0.1, 0.15) is 18.0 Å². The second kappa shape index (κ2) is 7.78. The predicted octanol–water partition coefficient (Wildman–Crippen LogP) is 4.10. The topological polar surface area (TPSA) is 85.2 Å². The molecule has 1 unspecified atom stereocenters. The monoisotopic (exact) mass is 430 g/mol. The van der Waals surface area contributed by atoms with Gasteiger partial charge in [-0.3, -0.25) is 9.59 Å². The van der Waals surface area contributed by atoms with Crippen molar-refractivity contribution in [2.24, 2.45) is 0 Å². The molecule has 1 aromatic heterocycles. The van der Waals surface area contributed by atoms with Crippen LogP contribution in [0.2, 0.25) is 0 Å². The van der Waals surface area contributed by atoms with Crippen molar-refractivity contribution in [1.29, 1.82) is 0 Å². The van der Waals surface area contributed by atoms with Crippen LogP contribution in [0, 0.1) is 0 Å². The quantitative estimate of drug-likeness (QED) is 0.653. The smallest absolute Gasteiger partial charge is 0.416 e. The largest absolute Gasteiger partial charge is 0.497 e. The van der Waals surface area contributed by atoms with Crippen LogP contribution in [0.3, 0.4) is 0 Å². The molecule has 0 saturated carbocycles. The van der Waals surface area contributed by atoms with Gasteiger partial charge in [0.2, 0.25) is 11.8 Å². The highest BCUT2D eigenvalue weighted by Gasteiger charge is 2.33. The van der Waals surface area contributed by atoms with Crippen LogP contribution in [0.25, 0.3) is 11.3 Å². The fourth-order valence-corrected chi connectivity index (χ4v) is 3.29. The van der Waals surface area contributed by atoms with E-state index in [1.165, 1.54) is 16.8 Å². The highest BCUT2D eigenvalue weighted by molar-refractivity contribution is 6.01. The lowest BCUT2D eigenvalue weighted by atomic mass is 10.1. The van der Waals surface area contributed by atoms with Gasteiger partial charge in [0.05, 0.1) is 24.8 Å². The first kappa shape index (κ1) is 20.5. The number of amides is 2. The Morgan fingerprint density at radius 2 is 1.94 bits per heavy atom. The first-order valence-electron chi connectivity index (χ1n) is 9.26. The van der Waals surface area contributed by atoms with Crippen molar-refractivity contribution in [3.63, 3.8) is 0 Å². The highest BCUT2D eigenvalue weighted by atomic mass is 19.4. The molecule has 1 aliphatic heterocycles. The molecule has 4 rings (SSSR count). The maximum Gasteiger partial charge on any atom is 0.416 e. The van der Waals surface area contributed by atoms with Crippen LogP contribution in [0.15, 0.2) is 54.6 Å². The Morgan fingerprint density at radius 1 is 1.19 bits per heavy atom. The Bertz CT molecular complexity index is 1140. The summed E-state index contributed by atoms with van der Waals surface area (Å²) < 4.78 is 45.3. The molecule has 1 aliphatic rings. The first-order chi connectivity index (χ1) is 14.7. The predicted molar refractivity (Wildman–Crippen MR) is 107 cm³/mol. The number of rotatable bonds is 4. The second-order valence-corrected chi connectivity index (χ2v) is 6.92. The minimum Gasteiger partial charge on any atom is -0.497 e. The molecular formula is C21H17F3N4O3. The lowest BCUT2D eigenvalue weighted by molar-refractivity contribution is -0.137. The Hall–Kier alpha value is -3.82. The van der Waals surface area contributed by atoms with E-state index in [9.17, 15) is 22.8 Å². The van der Waals surface area contributed by atoms with Crippen molar-refractivity contribution in [1.82, 2.24) is 9.78 Å². The zero-order chi connectivity index (χ0) is 22.2. The summed E-state index contributed by atoms with van der Waals surface area (Å²) in [5.41, 5.74) is 0.369. The number of nitrogens with zero attached hydrogens (tertiary/aromatic N) is 2. The van der Waals surface area contributed by atoms with Gasteiger partial charge in [0.15, 0.2) is 0 Å². The van der Waals surface area contributed by atoms with Crippen LogP contribution in [-0.2, 0) is 15.8 Å². The van der Waals surface area contributed by atoms with E-state index in [0.29, 0.717) is 17.3 Å². The molecule has 31 heavy (non-hydrogen) atoms. The molecule has 10 heteroatoms. The molecule has 7 nitrogen and oxygen atoms in total. The summed E-state index contributed by atoms with van der Waals surface area (Å²) in [6.07, 6.45) is -4.73. The zero-order valence-corrected chi connectivity index (χ0v) is 16.2. The number of ether oxygens (including phenoxy) is 1. The van der Waals surface area contributed by atoms with Crippen molar-refractivity contribution < 1.29 is 27.5 Å². The van der Waals surface area contributed by atoms with Crippen LogP contribution in [0.5, 0.6) is 5.75 Å².